The van der Waals surface area contributed by atoms with E-state index in [4.69, 9.17) is 34.3 Å². The monoisotopic (exact) mass is 295 g/mol. The number of hydrogen-bond acceptors (Lipinski definition) is 2. The van der Waals surface area contributed by atoms with Crippen molar-refractivity contribution in [3.63, 3.8) is 0 Å². The Bertz CT molecular complexity index is 695. The molecule has 6 heteroatoms. The van der Waals surface area contributed by atoms with Gasteiger partial charge in [0.2, 0.25) is 0 Å². The SMILES string of the molecule is N=c1c(C(N)=O)cc(Cl)cn1Cc1cccc(Cl)c1. The van der Waals surface area contributed by atoms with Crippen LogP contribution in [0.25, 0.3) is 0 Å². The highest BCUT2D eigenvalue weighted by molar-refractivity contribution is 6.31. The minimum atomic E-state index is -0.674. The van der Waals surface area contributed by atoms with Crippen molar-refractivity contribution in [1.29, 1.82) is 5.41 Å². The minimum Gasteiger partial charge on any atom is -0.365 e. The van der Waals surface area contributed by atoms with Crippen molar-refractivity contribution in [2.24, 2.45) is 5.73 Å². The highest BCUT2D eigenvalue weighted by atomic mass is 35.5. The van der Waals surface area contributed by atoms with E-state index in [2.05, 4.69) is 0 Å². The van der Waals surface area contributed by atoms with E-state index in [-0.39, 0.29) is 11.1 Å². The number of hydrogen-bond donors (Lipinski definition) is 2. The number of halogens is 2. The topological polar surface area (TPSA) is 71.9 Å². The summed E-state index contributed by atoms with van der Waals surface area (Å²) in [6.45, 7) is 0.389. The van der Waals surface area contributed by atoms with Gasteiger partial charge in [-0.2, -0.15) is 0 Å². The second-order valence-corrected chi connectivity index (χ2v) is 4.92. The molecular weight excluding hydrogens is 285 g/mol. The highest BCUT2D eigenvalue weighted by Gasteiger charge is 2.08. The molecule has 0 saturated carbocycles. The molecule has 0 fully saturated rings. The molecule has 0 radical (unpaired) electrons. The lowest BCUT2D eigenvalue weighted by Crippen LogP contribution is -2.29. The molecule has 1 amide bonds. The number of amides is 1. The van der Waals surface area contributed by atoms with E-state index in [0.717, 1.165) is 5.56 Å². The summed E-state index contributed by atoms with van der Waals surface area (Å²) >= 11 is 11.8. The van der Waals surface area contributed by atoms with Crippen molar-refractivity contribution in [2.45, 2.75) is 6.54 Å². The lowest BCUT2D eigenvalue weighted by molar-refractivity contribution is 0.0998. The molecule has 0 spiro atoms. The second-order valence-electron chi connectivity index (χ2n) is 4.04. The van der Waals surface area contributed by atoms with Gasteiger partial charge in [0.1, 0.15) is 5.49 Å². The van der Waals surface area contributed by atoms with Crippen LogP contribution < -0.4 is 11.2 Å². The molecule has 4 nitrogen and oxygen atoms in total. The van der Waals surface area contributed by atoms with Gasteiger partial charge in [-0.25, -0.2) is 0 Å². The number of rotatable bonds is 3. The summed E-state index contributed by atoms with van der Waals surface area (Å²) in [5.41, 5.74) is 6.24. The zero-order valence-corrected chi connectivity index (χ0v) is 11.4. The molecule has 1 heterocycles. The largest absolute Gasteiger partial charge is 0.365 e. The maximum absolute atomic E-state index is 11.2. The van der Waals surface area contributed by atoms with Crippen LogP contribution in [-0.4, -0.2) is 10.5 Å². The summed E-state index contributed by atoms with van der Waals surface area (Å²) in [5, 5.41) is 8.91. The van der Waals surface area contributed by atoms with Gasteiger partial charge >= 0.3 is 0 Å². The zero-order valence-electron chi connectivity index (χ0n) is 9.86. The average Bonchev–Trinajstić information content (AvgIpc) is 2.33. The van der Waals surface area contributed by atoms with Crippen LogP contribution >= 0.6 is 23.2 Å². The third-order valence-electron chi connectivity index (χ3n) is 2.61. The van der Waals surface area contributed by atoms with E-state index in [1.807, 2.05) is 12.1 Å². The molecule has 1 aromatic heterocycles. The fraction of sp³-hybridized carbons (Fsp3) is 0.0769. The molecule has 3 N–H and O–H groups in total. The van der Waals surface area contributed by atoms with Crippen LogP contribution in [0, 0.1) is 5.41 Å². The molecule has 98 valence electrons. The molecule has 0 aliphatic rings. The van der Waals surface area contributed by atoms with E-state index < -0.39 is 5.91 Å². The summed E-state index contributed by atoms with van der Waals surface area (Å²) in [7, 11) is 0. The Balaban J connectivity index is 2.46. The Morgan fingerprint density at radius 1 is 1.26 bits per heavy atom. The minimum absolute atomic E-state index is 0.0249. The first-order valence-electron chi connectivity index (χ1n) is 5.46. The molecule has 0 bridgehead atoms. The van der Waals surface area contributed by atoms with Gasteiger partial charge in [0.05, 0.1) is 10.6 Å². The van der Waals surface area contributed by atoms with Crippen molar-refractivity contribution in [1.82, 2.24) is 4.57 Å². The summed E-state index contributed by atoms with van der Waals surface area (Å²) in [5.74, 6) is -0.674. The Morgan fingerprint density at radius 3 is 2.63 bits per heavy atom. The van der Waals surface area contributed by atoms with E-state index in [1.165, 1.54) is 6.07 Å². The van der Waals surface area contributed by atoms with Crippen molar-refractivity contribution in [3.8, 4) is 0 Å². The number of benzene rings is 1. The van der Waals surface area contributed by atoms with Gasteiger partial charge in [-0.15, -0.1) is 0 Å². The quantitative estimate of drug-likeness (QED) is 0.897. The molecule has 1 aromatic carbocycles. The number of pyridine rings is 1. The summed E-state index contributed by atoms with van der Waals surface area (Å²) in [6.07, 6.45) is 1.58. The Labute approximate surface area is 119 Å². The number of nitrogens with two attached hydrogens (primary N) is 1. The Kier molecular flexibility index (Phi) is 3.93. The van der Waals surface area contributed by atoms with Crippen LogP contribution in [0.5, 0.6) is 0 Å². The van der Waals surface area contributed by atoms with Gasteiger partial charge in [0.15, 0.2) is 0 Å². The standard InChI is InChI=1S/C13H11Cl2N3O/c14-9-3-1-2-8(4-9)6-18-7-10(15)5-11(12(18)16)13(17)19/h1-5,7,16H,6H2,(H2,17,19). The molecule has 19 heavy (non-hydrogen) atoms. The predicted molar refractivity (Wildman–Crippen MR) is 74.4 cm³/mol. The third kappa shape index (κ3) is 3.16. The molecule has 0 saturated heterocycles. The lowest BCUT2D eigenvalue weighted by atomic mass is 10.2. The maximum Gasteiger partial charge on any atom is 0.252 e. The molecule has 0 aliphatic carbocycles. The van der Waals surface area contributed by atoms with Crippen LogP contribution in [0.2, 0.25) is 10.0 Å². The van der Waals surface area contributed by atoms with E-state index >= 15 is 0 Å². The van der Waals surface area contributed by atoms with Crippen LogP contribution in [0.3, 0.4) is 0 Å². The molecule has 0 unspecified atom stereocenters. The lowest BCUT2D eigenvalue weighted by Gasteiger charge is -2.10. The molecule has 0 atom stereocenters. The van der Waals surface area contributed by atoms with E-state index in [0.29, 0.717) is 16.6 Å². The van der Waals surface area contributed by atoms with Gasteiger partial charge in [0.25, 0.3) is 5.91 Å². The molecule has 2 rings (SSSR count). The zero-order chi connectivity index (χ0) is 14.0. The van der Waals surface area contributed by atoms with Crippen molar-refractivity contribution >= 4 is 29.1 Å². The fourth-order valence-electron chi connectivity index (χ4n) is 1.76. The van der Waals surface area contributed by atoms with Gasteiger partial charge < -0.3 is 10.3 Å². The van der Waals surface area contributed by atoms with Crippen LogP contribution in [0.1, 0.15) is 15.9 Å². The summed E-state index contributed by atoms with van der Waals surface area (Å²) in [6, 6.07) is 8.65. The predicted octanol–water partition coefficient (Wildman–Crippen LogP) is 2.42. The smallest absolute Gasteiger partial charge is 0.252 e. The summed E-state index contributed by atoms with van der Waals surface area (Å²) < 4.78 is 1.55. The fourth-order valence-corrected chi connectivity index (χ4v) is 2.20. The summed E-state index contributed by atoms with van der Waals surface area (Å²) in [4.78, 5) is 11.2. The van der Waals surface area contributed by atoms with Crippen molar-refractivity contribution in [2.75, 3.05) is 0 Å². The van der Waals surface area contributed by atoms with Crippen LogP contribution in [-0.2, 0) is 6.54 Å². The molecule has 0 aliphatic heterocycles. The van der Waals surface area contributed by atoms with E-state index in [1.54, 1.807) is 22.9 Å². The number of carbonyl (C=O) groups excluding carboxylic acids is 1. The van der Waals surface area contributed by atoms with Crippen molar-refractivity contribution < 1.29 is 4.79 Å². The van der Waals surface area contributed by atoms with Gasteiger partial charge in [-0.3, -0.25) is 10.2 Å². The first-order chi connectivity index (χ1) is 8.97. The number of carbonyl (C=O) groups is 1. The van der Waals surface area contributed by atoms with E-state index in [9.17, 15) is 4.79 Å². The number of aromatic nitrogens is 1. The van der Waals surface area contributed by atoms with Crippen LogP contribution in [0.15, 0.2) is 36.5 Å². The third-order valence-corrected chi connectivity index (χ3v) is 3.05. The Morgan fingerprint density at radius 2 is 2.00 bits per heavy atom. The van der Waals surface area contributed by atoms with Crippen LogP contribution in [0.4, 0.5) is 0 Å². The molecule has 2 aromatic rings. The average molecular weight is 296 g/mol. The highest BCUT2D eigenvalue weighted by Crippen LogP contribution is 2.13. The first kappa shape index (κ1) is 13.6. The normalized spacial score (nSPS) is 10.4. The Hall–Kier alpha value is -1.78. The van der Waals surface area contributed by atoms with Gasteiger partial charge in [-0.1, -0.05) is 35.3 Å². The van der Waals surface area contributed by atoms with Gasteiger partial charge in [-0.05, 0) is 23.8 Å². The second kappa shape index (κ2) is 5.47. The van der Waals surface area contributed by atoms with Crippen molar-refractivity contribution in [3.05, 3.63) is 63.2 Å². The first-order valence-corrected chi connectivity index (χ1v) is 6.22. The molecular formula is C13H11Cl2N3O. The number of primary amides is 1. The number of nitrogens with one attached hydrogen (secondary N) is 1. The maximum atomic E-state index is 11.2. The van der Waals surface area contributed by atoms with Gasteiger partial charge in [0, 0.05) is 17.8 Å². The number of nitrogens with zero attached hydrogens (tertiary/aromatic N) is 1.